The molecule has 0 saturated heterocycles. The average molecular weight is 375 g/mol. The van der Waals surface area contributed by atoms with Gasteiger partial charge in [0.2, 0.25) is 0 Å². The number of carbonyl (C=O) groups is 1. The molecule has 1 aliphatic rings. The molecular weight excluding hydrogens is 359 g/mol. The van der Waals surface area contributed by atoms with Crippen LogP contribution in [0.25, 0.3) is 22.3 Å². The molecule has 0 aliphatic heterocycles. The Labute approximate surface area is 151 Å². The van der Waals surface area contributed by atoms with Gasteiger partial charge in [0.15, 0.2) is 11.4 Å². The Morgan fingerprint density at radius 2 is 2.00 bits per heavy atom. The fourth-order valence-corrected chi connectivity index (χ4v) is 3.24. The molecule has 1 fully saturated rings. The Bertz CT molecular complexity index is 1080. The molecule has 4 rings (SSSR count). The summed E-state index contributed by atoms with van der Waals surface area (Å²) < 4.78 is 40.2. The van der Waals surface area contributed by atoms with Crippen LogP contribution in [-0.4, -0.2) is 20.3 Å². The fourth-order valence-electron chi connectivity index (χ4n) is 3.24. The summed E-state index contributed by atoms with van der Waals surface area (Å²) in [7, 11) is 0. The number of alkyl halides is 3. The Hall–Kier alpha value is -2.90. The van der Waals surface area contributed by atoms with Crippen LogP contribution in [0.4, 0.5) is 13.2 Å². The van der Waals surface area contributed by atoms with Gasteiger partial charge in [0.1, 0.15) is 0 Å². The Balaban J connectivity index is 1.74. The van der Waals surface area contributed by atoms with E-state index in [-0.39, 0.29) is 18.2 Å². The summed E-state index contributed by atoms with van der Waals surface area (Å²) in [6.45, 7) is -0.0583. The van der Waals surface area contributed by atoms with E-state index in [4.69, 9.17) is 0 Å². The zero-order chi connectivity index (χ0) is 19.2. The molecule has 1 aromatic carbocycles. The van der Waals surface area contributed by atoms with Crippen molar-refractivity contribution in [2.75, 3.05) is 0 Å². The summed E-state index contributed by atoms with van der Waals surface area (Å²) in [5.74, 6) is -0.0184. The largest absolute Gasteiger partial charge is 0.416 e. The highest BCUT2D eigenvalue weighted by Crippen LogP contribution is 2.32. The number of halogens is 3. The van der Waals surface area contributed by atoms with Gasteiger partial charge in [0, 0.05) is 17.7 Å². The number of fused-ring (bicyclic) bond motifs is 1. The number of carbonyl (C=O) groups excluding carboxylic acids is 1. The van der Waals surface area contributed by atoms with Crippen LogP contribution in [0.1, 0.15) is 24.8 Å². The predicted octanol–water partition coefficient (Wildman–Crippen LogP) is 3.78. The van der Waals surface area contributed by atoms with Crippen LogP contribution in [0.2, 0.25) is 0 Å². The van der Waals surface area contributed by atoms with E-state index in [0.29, 0.717) is 22.3 Å². The van der Waals surface area contributed by atoms with Gasteiger partial charge in [-0.1, -0.05) is 18.6 Å². The van der Waals surface area contributed by atoms with Gasteiger partial charge in [-0.15, -0.1) is 0 Å². The monoisotopic (exact) mass is 375 g/mol. The molecule has 8 heteroatoms. The minimum Gasteiger partial charge on any atom is -0.297 e. The molecule has 0 spiro atoms. The number of aromatic nitrogens is 3. The first-order valence-corrected chi connectivity index (χ1v) is 8.62. The standard InChI is InChI=1S/C19H16F3N3O2/c20-19(21,22)14-6-2-5-12(7-14)13-8-15-17(23-9-13)24-18(27)25(15)10-16(26)11-3-1-4-11/h2,5-9,11H,1,3-4,10H2,(H,23,24,27). The van der Waals surface area contributed by atoms with Crippen molar-refractivity contribution in [2.45, 2.75) is 32.0 Å². The van der Waals surface area contributed by atoms with Gasteiger partial charge >= 0.3 is 11.9 Å². The molecule has 1 aliphatic carbocycles. The Kier molecular flexibility index (Phi) is 4.13. The Morgan fingerprint density at radius 1 is 1.22 bits per heavy atom. The lowest BCUT2D eigenvalue weighted by Crippen LogP contribution is -2.29. The van der Waals surface area contributed by atoms with Crippen LogP contribution >= 0.6 is 0 Å². The molecule has 5 nitrogen and oxygen atoms in total. The van der Waals surface area contributed by atoms with Gasteiger partial charge in [-0.25, -0.2) is 9.78 Å². The summed E-state index contributed by atoms with van der Waals surface area (Å²) in [6.07, 6.45) is -0.349. The van der Waals surface area contributed by atoms with Gasteiger partial charge in [0.05, 0.1) is 17.6 Å². The molecule has 0 radical (unpaired) electrons. The number of imidazole rings is 1. The van der Waals surface area contributed by atoms with E-state index in [2.05, 4.69) is 9.97 Å². The van der Waals surface area contributed by atoms with Crippen molar-refractivity contribution in [2.24, 2.45) is 5.92 Å². The third-order valence-corrected chi connectivity index (χ3v) is 5.03. The van der Waals surface area contributed by atoms with Crippen molar-refractivity contribution in [3.63, 3.8) is 0 Å². The molecule has 0 atom stereocenters. The third-order valence-electron chi connectivity index (χ3n) is 5.03. The SMILES string of the molecule is O=C(Cn1c(=O)[nH]c2ncc(-c3cccc(C(F)(F)F)c3)cc21)C1CCC1. The molecule has 1 saturated carbocycles. The maximum absolute atomic E-state index is 13.0. The van der Waals surface area contributed by atoms with Crippen LogP contribution in [0, 0.1) is 5.92 Å². The number of aromatic amines is 1. The van der Waals surface area contributed by atoms with Crippen molar-refractivity contribution in [3.05, 3.63) is 52.6 Å². The van der Waals surface area contributed by atoms with E-state index in [0.717, 1.165) is 31.4 Å². The van der Waals surface area contributed by atoms with Crippen molar-refractivity contribution in [3.8, 4) is 11.1 Å². The third kappa shape index (κ3) is 3.27. The van der Waals surface area contributed by atoms with Crippen molar-refractivity contribution in [1.82, 2.24) is 14.5 Å². The maximum Gasteiger partial charge on any atom is 0.416 e. The van der Waals surface area contributed by atoms with Crippen molar-refractivity contribution < 1.29 is 18.0 Å². The van der Waals surface area contributed by atoms with E-state index < -0.39 is 17.4 Å². The van der Waals surface area contributed by atoms with Crippen LogP contribution in [-0.2, 0) is 17.5 Å². The van der Waals surface area contributed by atoms with Gasteiger partial charge < -0.3 is 0 Å². The van der Waals surface area contributed by atoms with E-state index in [1.54, 1.807) is 12.1 Å². The number of nitrogens with one attached hydrogen (secondary N) is 1. The van der Waals surface area contributed by atoms with Gasteiger partial charge in [-0.3, -0.25) is 14.3 Å². The van der Waals surface area contributed by atoms with Gasteiger partial charge in [-0.2, -0.15) is 13.2 Å². The van der Waals surface area contributed by atoms with Gasteiger partial charge in [0.25, 0.3) is 0 Å². The smallest absolute Gasteiger partial charge is 0.297 e. The van der Waals surface area contributed by atoms with Crippen molar-refractivity contribution >= 4 is 16.9 Å². The maximum atomic E-state index is 13.0. The molecule has 0 unspecified atom stereocenters. The lowest BCUT2D eigenvalue weighted by Gasteiger charge is -2.23. The quantitative estimate of drug-likeness (QED) is 0.755. The molecule has 2 heterocycles. The second kappa shape index (κ2) is 6.37. The van der Waals surface area contributed by atoms with Crippen molar-refractivity contribution in [1.29, 1.82) is 0 Å². The number of benzene rings is 1. The van der Waals surface area contributed by atoms with Crippen LogP contribution in [0.5, 0.6) is 0 Å². The number of nitrogens with zero attached hydrogens (tertiary/aromatic N) is 2. The second-order valence-corrected chi connectivity index (χ2v) is 6.78. The molecular formula is C19H16F3N3O2. The molecule has 2 aromatic heterocycles. The van der Waals surface area contributed by atoms with E-state index in [1.165, 1.54) is 16.8 Å². The minimum atomic E-state index is -4.45. The minimum absolute atomic E-state index is 0.00581. The molecule has 0 bridgehead atoms. The van der Waals surface area contributed by atoms with E-state index in [1.807, 2.05) is 0 Å². The molecule has 140 valence electrons. The second-order valence-electron chi connectivity index (χ2n) is 6.78. The zero-order valence-corrected chi connectivity index (χ0v) is 14.2. The predicted molar refractivity (Wildman–Crippen MR) is 93.1 cm³/mol. The molecule has 1 N–H and O–H groups in total. The first-order valence-electron chi connectivity index (χ1n) is 8.62. The normalized spacial score (nSPS) is 15.1. The summed E-state index contributed by atoms with van der Waals surface area (Å²) in [4.78, 5) is 31.2. The van der Waals surface area contributed by atoms with E-state index in [9.17, 15) is 22.8 Å². The number of hydrogen-bond donors (Lipinski definition) is 1. The number of rotatable bonds is 4. The molecule has 27 heavy (non-hydrogen) atoms. The fraction of sp³-hybridized carbons (Fsp3) is 0.316. The number of H-pyrrole nitrogens is 1. The number of Topliss-reactive ketones (excluding diaryl/α,β-unsaturated/α-hetero) is 1. The lowest BCUT2D eigenvalue weighted by atomic mass is 9.82. The van der Waals surface area contributed by atoms with Gasteiger partial charge in [-0.05, 0) is 36.6 Å². The first-order chi connectivity index (χ1) is 12.8. The topological polar surface area (TPSA) is 67.8 Å². The number of hydrogen-bond acceptors (Lipinski definition) is 3. The summed E-state index contributed by atoms with van der Waals surface area (Å²) >= 11 is 0. The molecule has 0 amide bonds. The summed E-state index contributed by atoms with van der Waals surface area (Å²) in [5.41, 5.74) is 0.278. The first kappa shape index (κ1) is 17.5. The van der Waals surface area contributed by atoms with Crippen LogP contribution in [0.15, 0.2) is 41.3 Å². The molecule has 3 aromatic rings. The summed E-state index contributed by atoms with van der Waals surface area (Å²) in [6, 6.07) is 6.50. The van der Waals surface area contributed by atoms with Crippen LogP contribution in [0.3, 0.4) is 0 Å². The van der Waals surface area contributed by atoms with Crippen LogP contribution < -0.4 is 5.69 Å². The lowest BCUT2D eigenvalue weighted by molar-refractivity contribution is -0.137. The highest BCUT2D eigenvalue weighted by atomic mass is 19.4. The number of pyridine rings is 1. The summed E-state index contributed by atoms with van der Waals surface area (Å²) in [5, 5.41) is 0. The Morgan fingerprint density at radius 3 is 2.67 bits per heavy atom. The van der Waals surface area contributed by atoms with E-state index >= 15 is 0 Å². The highest BCUT2D eigenvalue weighted by molar-refractivity contribution is 5.84. The average Bonchev–Trinajstić information content (AvgIpc) is 2.87. The highest BCUT2D eigenvalue weighted by Gasteiger charge is 2.30. The zero-order valence-electron chi connectivity index (χ0n) is 14.2. The number of ketones is 1.